The Labute approximate surface area is 240 Å². The highest BCUT2D eigenvalue weighted by Gasteiger charge is 2.19. The van der Waals surface area contributed by atoms with Gasteiger partial charge < -0.3 is 20.5 Å². The molecule has 40 heavy (non-hydrogen) atoms. The Balaban J connectivity index is 1.60. The zero-order chi connectivity index (χ0) is 29.3. The first-order valence-electron chi connectivity index (χ1n) is 12.9. The van der Waals surface area contributed by atoms with Crippen molar-refractivity contribution >= 4 is 33.7 Å². The van der Waals surface area contributed by atoms with Crippen molar-refractivity contribution in [2.75, 3.05) is 31.2 Å². The number of carbonyl (C=O) groups excluding carboxylic acids is 1. The Bertz CT molecular complexity index is 1410. The first kappa shape index (κ1) is 31.1. The number of carbonyl (C=O) groups is 1. The number of hydrogen-bond donors (Lipinski definition) is 3. The summed E-state index contributed by atoms with van der Waals surface area (Å²) >= 11 is 5.98. The third-order valence-electron chi connectivity index (χ3n) is 5.67. The summed E-state index contributed by atoms with van der Waals surface area (Å²) in [5.41, 5.74) is 2.69. The normalized spacial score (nSPS) is 11.8. The van der Waals surface area contributed by atoms with E-state index in [1.54, 1.807) is 45.2 Å². The molecule has 0 unspecified atom stereocenters. The molecule has 1 aromatic heterocycles. The summed E-state index contributed by atoms with van der Waals surface area (Å²) in [5.74, 6) is 0.509. The summed E-state index contributed by atoms with van der Waals surface area (Å²) in [6, 6.07) is 14.4. The first-order chi connectivity index (χ1) is 18.8. The van der Waals surface area contributed by atoms with Crippen molar-refractivity contribution in [2.24, 2.45) is 0 Å². The van der Waals surface area contributed by atoms with E-state index in [1.807, 2.05) is 30.3 Å². The van der Waals surface area contributed by atoms with Gasteiger partial charge in [-0.25, -0.2) is 23.2 Å². The van der Waals surface area contributed by atoms with Crippen LogP contribution < -0.4 is 10.6 Å². The monoisotopic (exact) mass is 589 g/mol. The van der Waals surface area contributed by atoms with Crippen molar-refractivity contribution in [1.82, 2.24) is 19.6 Å². The van der Waals surface area contributed by atoms with Crippen molar-refractivity contribution in [3.05, 3.63) is 70.9 Å². The number of sulfonamides is 1. The average molecular weight is 590 g/mol. The lowest BCUT2D eigenvalue weighted by Gasteiger charge is -2.22. The Morgan fingerprint density at radius 2 is 1.88 bits per heavy atom. The lowest BCUT2D eigenvalue weighted by molar-refractivity contribution is 0.0526. The predicted molar refractivity (Wildman–Crippen MR) is 157 cm³/mol. The maximum absolute atomic E-state index is 12.5. The molecule has 1 amide bonds. The van der Waals surface area contributed by atoms with Crippen LogP contribution in [0.15, 0.2) is 54.7 Å². The number of aromatic nitrogens is 2. The van der Waals surface area contributed by atoms with E-state index in [0.717, 1.165) is 16.7 Å². The number of benzene rings is 2. The van der Waals surface area contributed by atoms with Gasteiger partial charge in [-0.2, -0.15) is 4.31 Å². The molecule has 0 aliphatic heterocycles. The molecular weight excluding hydrogens is 554 g/mol. The summed E-state index contributed by atoms with van der Waals surface area (Å²) in [4.78, 5) is 20.7. The molecule has 0 atom stereocenters. The van der Waals surface area contributed by atoms with E-state index in [2.05, 4.69) is 20.6 Å². The summed E-state index contributed by atoms with van der Waals surface area (Å²) < 4.78 is 31.5. The summed E-state index contributed by atoms with van der Waals surface area (Å²) in [7, 11) is -3.48. The van der Waals surface area contributed by atoms with E-state index in [9.17, 15) is 18.3 Å². The van der Waals surface area contributed by atoms with Crippen molar-refractivity contribution in [2.45, 2.75) is 45.8 Å². The highest BCUT2D eigenvalue weighted by atomic mass is 35.5. The van der Waals surface area contributed by atoms with Gasteiger partial charge in [-0.3, -0.25) is 0 Å². The second kappa shape index (κ2) is 13.8. The number of rotatable bonds is 12. The Kier molecular flexibility index (Phi) is 10.7. The lowest BCUT2D eigenvalue weighted by atomic mass is 10.1. The maximum atomic E-state index is 12.5. The zero-order valence-electron chi connectivity index (χ0n) is 23.1. The van der Waals surface area contributed by atoms with Crippen LogP contribution in [0.2, 0.25) is 5.02 Å². The van der Waals surface area contributed by atoms with Crippen molar-refractivity contribution in [3.63, 3.8) is 0 Å². The molecule has 0 aliphatic carbocycles. The molecule has 12 heteroatoms. The topological polar surface area (TPSA) is 134 Å². The molecule has 3 aromatic rings. The van der Waals surface area contributed by atoms with Crippen LogP contribution in [-0.4, -0.2) is 65.4 Å². The fourth-order valence-electron chi connectivity index (χ4n) is 3.78. The largest absolute Gasteiger partial charge is 0.506 e. The van der Waals surface area contributed by atoms with Crippen LogP contribution in [0.4, 0.5) is 10.7 Å². The molecule has 0 fully saturated rings. The van der Waals surface area contributed by atoms with Gasteiger partial charge >= 0.3 is 6.09 Å². The highest BCUT2D eigenvalue weighted by Crippen LogP contribution is 2.24. The predicted octanol–water partition coefficient (Wildman–Crippen LogP) is 4.83. The van der Waals surface area contributed by atoms with Gasteiger partial charge in [-0.1, -0.05) is 35.9 Å². The Morgan fingerprint density at radius 3 is 2.58 bits per heavy atom. The van der Waals surface area contributed by atoms with E-state index in [4.69, 9.17) is 16.3 Å². The molecule has 0 saturated carbocycles. The minimum absolute atomic E-state index is 0.0477. The van der Waals surface area contributed by atoms with Gasteiger partial charge in [0, 0.05) is 37.9 Å². The van der Waals surface area contributed by atoms with E-state index in [1.165, 1.54) is 10.6 Å². The minimum atomic E-state index is -3.48. The van der Waals surface area contributed by atoms with Gasteiger partial charge in [-0.15, -0.1) is 0 Å². The fourth-order valence-corrected chi connectivity index (χ4v) is 4.83. The fraction of sp³-hybridized carbons (Fsp3) is 0.393. The van der Waals surface area contributed by atoms with Gasteiger partial charge in [-0.05, 0) is 69.0 Å². The number of alkyl carbamates (subject to hydrolysis) is 1. The van der Waals surface area contributed by atoms with Gasteiger partial charge in [0.2, 0.25) is 16.0 Å². The number of amides is 1. The van der Waals surface area contributed by atoms with Crippen LogP contribution in [0.1, 0.15) is 38.3 Å². The second-order valence-electron chi connectivity index (χ2n) is 10.3. The van der Waals surface area contributed by atoms with Crippen molar-refractivity contribution in [3.8, 4) is 17.0 Å². The number of aromatic hydroxyl groups is 1. The van der Waals surface area contributed by atoms with Crippen LogP contribution in [0.25, 0.3) is 11.3 Å². The van der Waals surface area contributed by atoms with Crippen molar-refractivity contribution < 1.29 is 23.1 Å². The third-order valence-corrected chi connectivity index (χ3v) is 7.22. The summed E-state index contributed by atoms with van der Waals surface area (Å²) in [6.45, 7) is 6.62. The van der Waals surface area contributed by atoms with Gasteiger partial charge in [0.1, 0.15) is 11.4 Å². The smallest absolute Gasteiger partial charge is 0.407 e. The third kappa shape index (κ3) is 10.3. The molecule has 1 heterocycles. The highest BCUT2D eigenvalue weighted by molar-refractivity contribution is 7.88. The number of anilines is 1. The Morgan fingerprint density at radius 1 is 1.10 bits per heavy atom. The molecule has 0 aliphatic rings. The van der Waals surface area contributed by atoms with Crippen LogP contribution in [0.3, 0.4) is 0 Å². The zero-order valence-corrected chi connectivity index (χ0v) is 24.7. The van der Waals surface area contributed by atoms with Crippen molar-refractivity contribution in [1.29, 1.82) is 0 Å². The molecule has 216 valence electrons. The number of halogens is 1. The standard InChI is InChI=1S/C28H36ClN5O5S/c1-28(2,3)39-27(36)32-13-6-16-34(40(4,37)38)19-21-7-5-8-22(17-21)24-12-15-31-26(33-24)30-14-11-20-9-10-25(35)23(29)18-20/h5,7-10,12,15,17-18,35H,6,11,13-14,16,19H2,1-4H3,(H,32,36)(H,30,31,33). The molecule has 3 rings (SSSR count). The van der Waals surface area contributed by atoms with Gasteiger partial charge in [0.25, 0.3) is 0 Å². The van der Waals surface area contributed by atoms with Gasteiger partial charge in [0.05, 0.1) is 17.0 Å². The number of nitrogens with one attached hydrogen (secondary N) is 2. The second-order valence-corrected chi connectivity index (χ2v) is 12.7. The van der Waals surface area contributed by atoms with Crippen LogP contribution in [0.5, 0.6) is 5.75 Å². The van der Waals surface area contributed by atoms with Crippen LogP contribution in [-0.2, 0) is 27.7 Å². The summed E-state index contributed by atoms with van der Waals surface area (Å²) in [6.07, 6.45) is 3.40. The number of phenolic OH excluding ortho intramolecular Hbond substituents is 1. The molecule has 0 radical (unpaired) electrons. The SMILES string of the molecule is CC(C)(C)OC(=O)NCCCN(Cc1cccc(-c2ccnc(NCCc3ccc(O)c(Cl)c3)n2)c1)S(C)(=O)=O. The molecule has 2 aromatic carbocycles. The van der Waals surface area contributed by atoms with E-state index < -0.39 is 21.7 Å². The molecule has 0 bridgehead atoms. The Hall–Kier alpha value is -3.41. The van der Waals surface area contributed by atoms with E-state index >= 15 is 0 Å². The number of phenols is 1. The van der Waals surface area contributed by atoms with Crippen LogP contribution >= 0.6 is 11.6 Å². The molecular formula is C28H36ClN5O5S. The number of ether oxygens (including phenoxy) is 1. The summed E-state index contributed by atoms with van der Waals surface area (Å²) in [5, 5.41) is 15.7. The molecule has 0 saturated heterocycles. The number of hydrogen-bond acceptors (Lipinski definition) is 8. The van der Waals surface area contributed by atoms with E-state index in [-0.39, 0.29) is 25.4 Å². The maximum Gasteiger partial charge on any atom is 0.407 e. The molecule has 0 spiro atoms. The van der Waals surface area contributed by atoms with Crippen LogP contribution in [0, 0.1) is 0 Å². The molecule has 10 nitrogen and oxygen atoms in total. The quantitative estimate of drug-likeness (QED) is 0.256. The lowest BCUT2D eigenvalue weighted by Crippen LogP contribution is -2.35. The number of nitrogens with zero attached hydrogens (tertiary/aromatic N) is 3. The minimum Gasteiger partial charge on any atom is -0.506 e. The molecule has 3 N–H and O–H groups in total. The average Bonchev–Trinajstić information content (AvgIpc) is 2.87. The van der Waals surface area contributed by atoms with E-state index in [0.29, 0.717) is 36.1 Å². The van der Waals surface area contributed by atoms with Gasteiger partial charge in [0.15, 0.2) is 0 Å². The first-order valence-corrected chi connectivity index (χ1v) is 15.1.